The van der Waals surface area contributed by atoms with Crippen LogP contribution in [0.1, 0.15) is 38.5 Å². The van der Waals surface area contributed by atoms with Crippen LogP contribution in [0.3, 0.4) is 0 Å². The van der Waals surface area contributed by atoms with Crippen LogP contribution in [0.15, 0.2) is 47.6 Å². The first-order valence-electron chi connectivity index (χ1n) is 13.9. The average molecular weight is 458 g/mol. The Bertz CT molecular complexity index is 1470. The van der Waals surface area contributed by atoms with Gasteiger partial charge in [0.15, 0.2) is 0 Å². The summed E-state index contributed by atoms with van der Waals surface area (Å²) >= 11 is -3.93. The fourth-order valence-corrected chi connectivity index (χ4v) is 264. The number of hydrogen-bond acceptors (Lipinski definition) is 0. The molecule has 1 heteroatoms. The van der Waals surface area contributed by atoms with Crippen molar-refractivity contribution in [1.29, 1.82) is 0 Å². The quantitative estimate of drug-likeness (QED) is 0.395. The van der Waals surface area contributed by atoms with Gasteiger partial charge in [0.2, 0.25) is 0 Å². The van der Waals surface area contributed by atoms with Gasteiger partial charge >= 0.3 is 156 Å². The van der Waals surface area contributed by atoms with Crippen molar-refractivity contribution in [3.05, 3.63) is 47.6 Å². The molecule has 0 radical (unpaired) electrons. The van der Waals surface area contributed by atoms with Gasteiger partial charge in [-0.3, -0.25) is 0 Å². The predicted octanol–water partition coefficient (Wildman–Crippen LogP) is 7.94. The molecule has 8 unspecified atom stereocenters. The molecule has 10 saturated heterocycles. The minimum atomic E-state index is -3.93. The zero-order valence-electron chi connectivity index (χ0n) is 17.1. The van der Waals surface area contributed by atoms with Gasteiger partial charge in [0, 0.05) is 0 Å². The van der Waals surface area contributed by atoms with Crippen molar-refractivity contribution in [3.8, 4) is 0 Å². The molecular weight excluding hydrogens is 428 g/mol. The minimum absolute atomic E-state index is 0.973. The van der Waals surface area contributed by atoms with Gasteiger partial charge in [0.25, 0.3) is 0 Å². The van der Waals surface area contributed by atoms with Crippen molar-refractivity contribution in [3.63, 3.8) is 0 Å². The Morgan fingerprint density at radius 2 is 1.10 bits per heavy atom. The van der Waals surface area contributed by atoms with E-state index in [2.05, 4.69) is 36.5 Å². The molecule has 10 aliphatic heterocycles. The second kappa shape index (κ2) is 1.63. The van der Waals surface area contributed by atoms with E-state index in [4.69, 9.17) is 0 Å². The van der Waals surface area contributed by atoms with Gasteiger partial charge in [-0.1, -0.05) is 0 Å². The van der Waals surface area contributed by atoms with E-state index in [1.807, 2.05) is 11.1 Å². The van der Waals surface area contributed by atoms with Gasteiger partial charge in [-0.25, -0.2) is 0 Å². The topological polar surface area (TPSA) is 0 Å². The van der Waals surface area contributed by atoms with E-state index in [1.165, 1.54) is 41.8 Å². The molecule has 10 heterocycles. The molecule has 0 bridgehead atoms. The summed E-state index contributed by atoms with van der Waals surface area (Å²) in [5, 5.41) is 0. The van der Waals surface area contributed by atoms with Gasteiger partial charge in [-0.15, -0.1) is 0 Å². The Morgan fingerprint density at radius 1 is 0.621 bits per heavy atom. The van der Waals surface area contributed by atoms with Crippen molar-refractivity contribution in [1.82, 2.24) is 0 Å². The van der Waals surface area contributed by atoms with Crippen LogP contribution in [0.25, 0.3) is 0 Å². The van der Waals surface area contributed by atoms with Crippen molar-refractivity contribution in [2.75, 3.05) is 0 Å². The summed E-state index contributed by atoms with van der Waals surface area (Å²) in [6, 6.07) is 0. The molecule has 0 amide bonds. The van der Waals surface area contributed by atoms with Crippen molar-refractivity contribution in [2.45, 2.75) is 73.8 Å². The zero-order chi connectivity index (χ0) is 17.9. The van der Waals surface area contributed by atoms with Gasteiger partial charge in [-0.2, -0.15) is 0 Å². The van der Waals surface area contributed by atoms with Crippen LogP contribution >= 0.6 is 0 Å². The molecule has 8 atom stereocenters. The molecule has 0 nitrogen and oxygen atoms in total. The Hall–Kier alpha value is -0.157. The molecule has 29 heavy (non-hydrogen) atoms. The third-order valence-corrected chi connectivity index (χ3v) is 124. The molecule has 4 aliphatic carbocycles. The fraction of sp³-hybridized carbons (Fsp3) is 0.714. The zero-order valence-corrected chi connectivity index (χ0v) is 19.6. The summed E-state index contributed by atoms with van der Waals surface area (Å²) < 4.78 is 14.1. The maximum absolute atomic E-state index is 3.93. The van der Waals surface area contributed by atoms with Crippen LogP contribution in [-0.2, 0) is 11.4 Å². The third-order valence-electron chi connectivity index (χ3n) is 26.9. The Kier molecular flexibility index (Phi) is 0.719. The molecule has 14 rings (SSSR count). The van der Waals surface area contributed by atoms with Gasteiger partial charge in [0.1, 0.15) is 0 Å². The summed E-state index contributed by atoms with van der Waals surface area (Å²) in [4.78, 5) is 0. The van der Waals surface area contributed by atoms with E-state index < -0.39 is 11.4 Å². The van der Waals surface area contributed by atoms with E-state index in [9.17, 15) is 0 Å². The standard InChI is InChI=1S/C23H25.C5H5.Zr/c1-3-8-18-16(6-1)12-14-22(18)20-10-5-11-21(20)23-15-13-17-7-2-4-9-19(17)23;1-2-4-5-3-1;/h1-5,8-11,16-17,22-23H,6-7,12-15H2;1-5H;. The molecule has 146 valence electrons. The van der Waals surface area contributed by atoms with Crippen molar-refractivity contribution in [2.24, 2.45) is 23.7 Å². The molecule has 12 fully saturated rings. The van der Waals surface area contributed by atoms with E-state index in [0.29, 0.717) is 0 Å². The summed E-state index contributed by atoms with van der Waals surface area (Å²) in [5.41, 5.74) is 4.09. The van der Waals surface area contributed by atoms with Crippen LogP contribution in [0.4, 0.5) is 0 Å². The monoisotopic (exact) mass is 456 g/mol. The predicted molar refractivity (Wildman–Crippen MR) is 111 cm³/mol. The second-order valence-corrected chi connectivity index (χ2v) is 71.1. The molecule has 0 aromatic heterocycles. The average Bonchev–Trinajstić information content (AvgIpc) is 3.61. The molecule has 2 saturated carbocycles. The Balaban J connectivity index is 1.16. The van der Waals surface area contributed by atoms with Crippen LogP contribution < -0.4 is 0 Å². The fourth-order valence-electron chi connectivity index (χ4n) is 32.1. The number of hydrogen-bond donors (Lipinski definition) is 0. The van der Waals surface area contributed by atoms with Crippen molar-refractivity contribution < 1.29 is 11.4 Å². The first-order chi connectivity index (χ1) is 14.1. The van der Waals surface area contributed by atoms with E-state index >= 15 is 0 Å². The number of rotatable bonds is 2. The number of allylic oxidation sites excluding steroid dienone is 8. The van der Waals surface area contributed by atoms with Crippen LogP contribution in [0, 0.1) is 23.7 Å². The Labute approximate surface area is 155 Å². The molecule has 14 aliphatic rings. The van der Waals surface area contributed by atoms with Crippen LogP contribution in [-0.4, -0.2) is 0 Å². The number of fused-ring (bicyclic) bond motifs is 12. The van der Waals surface area contributed by atoms with E-state index in [1.54, 1.807) is 25.7 Å². The second-order valence-electron chi connectivity index (χ2n) is 19.3. The molecule has 0 aromatic rings. The first-order valence-corrected chi connectivity index (χ1v) is 27.7. The SMILES string of the molecule is C1=CCC2CCC([C]34[CH]5[CH]6[CH]7[C]3(C3CCC8CC=CC=C83)[Zr]6574389%10[CH]4[CH]3[CH]8[CH]9[CH]4%10)C2=C1. The molecular formula is C28H30Zr. The summed E-state index contributed by atoms with van der Waals surface area (Å²) in [7, 11) is 0. The maximum atomic E-state index is 2.69. The Morgan fingerprint density at radius 3 is 1.52 bits per heavy atom. The molecule has 0 N–H and O–H groups in total. The van der Waals surface area contributed by atoms with Gasteiger partial charge in [-0.05, 0) is 0 Å². The normalized spacial score (nSPS) is 96.3. The molecule has 1 spiro atoms. The van der Waals surface area contributed by atoms with Crippen LogP contribution in [0.5, 0.6) is 0 Å². The summed E-state index contributed by atoms with van der Waals surface area (Å²) in [6.07, 6.45) is 24.5. The third kappa shape index (κ3) is 0.239. The first kappa shape index (κ1) is 12.8. The van der Waals surface area contributed by atoms with Gasteiger partial charge in [0.05, 0.1) is 0 Å². The van der Waals surface area contributed by atoms with Gasteiger partial charge < -0.3 is 0 Å². The van der Waals surface area contributed by atoms with Crippen LogP contribution in [0.2, 0.25) is 35.3 Å². The molecule has 0 aromatic carbocycles. The summed E-state index contributed by atoms with van der Waals surface area (Å²) in [6.45, 7) is 0. The van der Waals surface area contributed by atoms with E-state index in [0.717, 1.165) is 29.9 Å². The summed E-state index contributed by atoms with van der Waals surface area (Å²) in [5.74, 6) is 4.20. The van der Waals surface area contributed by atoms with Crippen molar-refractivity contribution >= 4 is 0 Å². The van der Waals surface area contributed by atoms with E-state index in [-0.39, 0.29) is 0 Å².